The quantitative estimate of drug-likeness (QED) is 0.347. The monoisotopic (exact) mass is 448 g/mol. The zero-order valence-electron chi connectivity index (χ0n) is 17.5. The topological polar surface area (TPSA) is 70.7 Å². The van der Waals surface area contributed by atoms with Gasteiger partial charge in [-0.1, -0.05) is 59.8 Å². The van der Waals surface area contributed by atoms with E-state index in [1.165, 1.54) is 22.5 Å². The van der Waals surface area contributed by atoms with Crippen molar-refractivity contribution >= 4 is 34.7 Å². The predicted molar refractivity (Wildman–Crippen MR) is 128 cm³/mol. The molecule has 0 bridgehead atoms. The molecule has 7 heteroatoms. The third-order valence-electron chi connectivity index (χ3n) is 4.78. The van der Waals surface area contributed by atoms with Crippen LogP contribution in [0.4, 0.5) is 5.69 Å². The van der Waals surface area contributed by atoms with E-state index < -0.39 is 0 Å². The highest BCUT2D eigenvalue weighted by molar-refractivity contribution is 7.98. The average Bonchev–Trinajstić information content (AvgIpc) is 3.35. The fourth-order valence-electron chi connectivity index (χ4n) is 3.11. The Balaban J connectivity index is 1.29. The summed E-state index contributed by atoms with van der Waals surface area (Å²) in [5, 5.41) is 6.66. The van der Waals surface area contributed by atoms with Crippen molar-refractivity contribution in [1.82, 2.24) is 15.0 Å². The van der Waals surface area contributed by atoms with Gasteiger partial charge in [-0.3, -0.25) is 4.79 Å². The Morgan fingerprint density at radius 3 is 2.61 bits per heavy atom. The minimum absolute atomic E-state index is 0.0513. The normalized spacial score (nSPS) is 10.9. The summed E-state index contributed by atoms with van der Waals surface area (Å²) in [6.07, 6.45) is 1.10. The van der Waals surface area contributed by atoms with E-state index in [2.05, 4.69) is 34.3 Å². The van der Waals surface area contributed by atoms with Gasteiger partial charge in [-0.25, -0.2) is 9.97 Å². The first-order valence-corrected chi connectivity index (χ1v) is 11.9. The van der Waals surface area contributed by atoms with Gasteiger partial charge in [0.1, 0.15) is 5.01 Å². The molecule has 1 amide bonds. The van der Waals surface area contributed by atoms with E-state index in [1.807, 2.05) is 54.8 Å². The molecule has 0 unspecified atom stereocenters. The van der Waals surface area contributed by atoms with Gasteiger partial charge in [0.25, 0.3) is 0 Å². The Hall–Kier alpha value is -2.90. The lowest BCUT2D eigenvalue weighted by Crippen LogP contribution is -2.14. The van der Waals surface area contributed by atoms with Crippen molar-refractivity contribution in [2.45, 2.75) is 37.6 Å². The first-order valence-electron chi connectivity index (χ1n) is 10.1. The van der Waals surface area contributed by atoms with Crippen molar-refractivity contribution < 1.29 is 4.79 Å². The van der Waals surface area contributed by atoms with Gasteiger partial charge in [-0.05, 0) is 31.5 Å². The molecule has 31 heavy (non-hydrogen) atoms. The Bertz CT molecular complexity index is 1150. The molecule has 0 saturated heterocycles. The molecule has 2 aromatic carbocycles. The predicted octanol–water partition coefficient (Wildman–Crippen LogP) is 5.55. The van der Waals surface area contributed by atoms with Gasteiger partial charge in [0.2, 0.25) is 5.91 Å². The van der Waals surface area contributed by atoms with E-state index in [0.717, 1.165) is 39.4 Å². The van der Waals surface area contributed by atoms with Gasteiger partial charge in [-0.2, -0.15) is 0 Å². The largest absolute Gasteiger partial charge is 0.337 e. The number of H-pyrrole nitrogens is 1. The lowest BCUT2D eigenvalue weighted by Gasteiger charge is -2.04. The van der Waals surface area contributed by atoms with Crippen molar-refractivity contribution in [1.29, 1.82) is 0 Å². The summed E-state index contributed by atoms with van der Waals surface area (Å²) in [6.45, 7) is 4.08. The zero-order chi connectivity index (χ0) is 21.6. The lowest BCUT2D eigenvalue weighted by molar-refractivity contribution is -0.115. The van der Waals surface area contributed by atoms with Crippen LogP contribution < -0.4 is 5.32 Å². The Kier molecular flexibility index (Phi) is 6.84. The number of rotatable bonds is 8. The molecule has 0 atom stereocenters. The van der Waals surface area contributed by atoms with Crippen molar-refractivity contribution in [2.24, 2.45) is 0 Å². The highest BCUT2D eigenvalue weighted by Gasteiger charge is 2.11. The van der Waals surface area contributed by atoms with E-state index in [1.54, 1.807) is 11.8 Å². The number of thiazole rings is 1. The second-order valence-electron chi connectivity index (χ2n) is 7.39. The molecule has 0 fully saturated rings. The first kappa shape index (κ1) is 21.3. The number of aromatic nitrogens is 3. The third kappa shape index (κ3) is 6.06. The Morgan fingerprint density at radius 1 is 1.06 bits per heavy atom. The number of nitrogens with one attached hydrogen (secondary N) is 2. The van der Waals surface area contributed by atoms with E-state index in [9.17, 15) is 4.79 Å². The molecule has 0 spiro atoms. The number of hydrogen-bond acceptors (Lipinski definition) is 5. The number of aryl methyl sites for hydroxylation is 2. The van der Waals surface area contributed by atoms with Crippen LogP contribution >= 0.6 is 23.1 Å². The third-order valence-corrected chi connectivity index (χ3v) is 6.59. The highest BCUT2D eigenvalue weighted by Crippen LogP contribution is 2.24. The molecule has 0 radical (unpaired) electrons. The summed E-state index contributed by atoms with van der Waals surface area (Å²) in [6, 6.07) is 18.1. The van der Waals surface area contributed by atoms with Crippen LogP contribution in [0.2, 0.25) is 0 Å². The number of amides is 1. The number of nitrogens with zero attached hydrogens (tertiary/aromatic N) is 2. The molecule has 4 rings (SSSR count). The van der Waals surface area contributed by atoms with Crippen molar-refractivity contribution in [2.75, 3.05) is 5.32 Å². The first-order chi connectivity index (χ1) is 15.0. The molecule has 2 aromatic heterocycles. The number of carbonyl (C=O) groups is 1. The SMILES string of the molecule is Cc1ccc(NC(=O)Cc2nc(CSc3nc(Cc4ccccc4)c(C)[nH]3)cs2)cc1. The zero-order valence-corrected chi connectivity index (χ0v) is 19.1. The molecule has 0 aliphatic carbocycles. The van der Waals surface area contributed by atoms with Gasteiger partial charge in [0, 0.05) is 28.9 Å². The van der Waals surface area contributed by atoms with Gasteiger partial charge >= 0.3 is 0 Å². The molecule has 0 saturated carbocycles. The fourth-order valence-corrected chi connectivity index (χ4v) is 4.85. The van der Waals surface area contributed by atoms with Crippen LogP contribution in [0.1, 0.15) is 33.2 Å². The maximum absolute atomic E-state index is 12.3. The number of benzene rings is 2. The van der Waals surface area contributed by atoms with Crippen LogP contribution in [0, 0.1) is 13.8 Å². The molecule has 2 N–H and O–H groups in total. The van der Waals surface area contributed by atoms with E-state index in [4.69, 9.17) is 4.98 Å². The average molecular weight is 449 g/mol. The van der Waals surface area contributed by atoms with E-state index >= 15 is 0 Å². The van der Waals surface area contributed by atoms with Crippen molar-refractivity contribution in [3.05, 3.63) is 93.2 Å². The summed E-state index contributed by atoms with van der Waals surface area (Å²) >= 11 is 3.15. The second-order valence-corrected chi connectivity index (χ2v) is 9.29. The Morgan fingerprint density at radius 2 is 1.84 bits per heavy atom. The molecule has 2 heterocycles. The summed E-state index contributed by atoms with van der Waals surface area (Å²) in [5.74, 6) is 0.665. The van der Waals surface area contributed by atoms with Gasteiger partial charge in [0.15, 0.2) is 5.16 Å². The molecular formula is C24H24N4OS2. The van der Waals surface area contributed by atoms with Crippen LogP contribution in [0.15, 0.2) is 65.1 Å². The van der Waals surface area contributed by atoms with E-state index in [0.29, 0.717) is 5.75 Å². The van der Waals surface area contributed by atoms with Crippen LogP contribution in [-0.2, 0) is 23.4 Å². The van der Waals surface area contributed by atoms with Crippen molar-refractivity contribution in [3.8, 4) is 0 Å². The number of thioether (sulfide) groups is 1. The number of carbonyl (C=O) groups excluding carboxylic acids is 1. The van der Waals surface area contributed by atoms with Crippen LogP contribution in [0.5, 0.6) is 0 Å². The molecule has 5 nitrogen and oxygen atoms in total. The number of imidazole rings is 1. The van der Waals surface area contributed by atoms with Crippen LogP contribution in [-0.4, -0.2) is 20.9 Å². The van der Waals surface area contributed by atoms with Gasteiger partial charge in [0.05, 0.1) is 17.8 Å². The van der Waals surface area contributed by atoms with Crippen LogP contribution in [0.3, 0.4) is 0 Å². The molecule has 0 aliphatic heterocycles. The summed E-state index contributed by atoms with van der Waals surface area (Å²) < 4.78 is 0. The standard InChI is InChI=1S/C24H24N4OS2/c1-16-8-10-19(11-9-16)26-22(29)13-23-27-20(14-30-23)15-31-24-25-17(2)21(28-24)12-18-6-4-3-5-7-18/h3-11,14H,12-13,15H2,1-2H3,(H,25,28)(H,26,29). The molecule has 4 aromatic rings. The van der Waals surface area contributed by atoms with Crippen LogP contribution in [0.25, 0.3) is 0 Å². The number of anilines is 1. The summed E-state index contributed by atoms with van der Waals surface area (Å²) in [4.78, 5) is 25.0. The second kappa shape index (κ2) is 9.94. The summed E-state index contributed by atoms with van der Waals surface area (Å²) in [7, 11) is 0. The van der Waals surface area contributed by atoms with E-state index in [-0.39, 0.29) is 12.3 Å². The number of hydrogen-bond donors (Lipinski definition) is 2. The minimum Gasteiger partial charge on any atom is -0.337 e. The molecule has 158 valence electrons. The Labute approximate surface area is 190 Å². The maximum Gasteiger partial charge on any atom is 0.231 e. The lowest BCUT2D eigenvalue weighted by atomic mass is 10.1. The maximum atomic E-state index is 12.3. The van der Waals surface area contributed by atoms with Gasteiger partial charge < -0.3 is 10.3 Å². The fraction of sp³-hybridized carbons (Fsp3) is 0.208. The highest BCUT2D eigenvalue weighted by atomic mass is 32.2. The van der Waals surface area contributed by atoms with Gasteiger partial charge in [-0.15, -0.1) is 11.3 Å². The number of aromatic amines is 1. The molecule has 0 aliphatic rings. The van der Waals surface area contributed by atoms with Crippen molar-refractivity contribution in [3.63, 3.8) is 0 Å². The summed E-state index contributed by atoms with van der Waals surface area (Å²) in [5.41, 5.74) is 6.36. The smallest absolute Gasteiger partial charge is 0.231 e. The minimum atomic E-state index is -0.0513. The molecular weight excluding hydrogens is 424 g/mol.